The summed E-state index contributed by atoms with van der Waals surface area (Å²) in [6.45, 7) is 2.20. The highest BCUT2D eigenvalue weighted by molar-refractivity contribution is 5.78. The van der Waals surface area contributed by atoms with Crippen LogP contribution in [0, 0.1) is 6.92 Å². The van der Waals surface area contributed by atoms with Crippen LogP contribution >= 0.6 is 0 Å². The van der Waals surface area contributed by atoms with Crippen LogP contribution < -0.4 is 0 Å². The lowest BCUT2D eigenvalue weighted by atomic mass is 10.1. The average molecular weight is 405 g/mol. The lowest BCUT2D eigenvalue weighted by molar-refractivity contribution is -0.137. The number of rotatable bonds is 2. The van der Waals surface area contributed by atoms with Crippen LogP contribution in [0.3, 0.4) is 0 Å². The Morgan fingerprint density at radius 2 is 2.00 bits per heavy atom. The van der Waals surface area contributed by atoms with Crippen molar-refractivity contribution in [2.45, 2.75) is 32.0 Å². The quantitative estimate of drug-likeness (QED) is 0.707. The van der Waals surface area contributed by atoms with Gasteiger partial charge in [-0.05, 0) is 31.5 Å². The van der Waals surface area contributed by atoms with E-state index in [2.05, 4.69) is 15.1 Å². The van der Waals surface area contributed by atoms with E-state index in [0.29, 0.717) is 42.3 Å². The number of phenols is 1. The zero-order valence-corrected chi connectivity index (χ0v) is 15.7. The number of carbonyl (C=O) groups is 1. The summed E-state index contributed by atoms with van der Waals surface area (Å²) in [6, 6.07) is 2.75. The number of carbonyl (C=O) groups excluding carboxylic acids is 1. The molecule has 1 aliphatic heterocycles. The van der Waals surface area contributed by atoms with Gasteiger partial charge >= 0.3 is 6.18 Å². The van der Waals surface area contributed by atoms with Gasteiger partial charge in [-0.1, -0.05) is 0 Å². The molecule has 3 aromatic rings. The summed E-state index contributed by atoms with van der Waals surface area (Å²) in [4.78, 5) is 22.2. The molecule has 1 N–H and O–H groups in total. The summed E-state index contributed by atoms with van der Waals surface area (Å²) in [5.74, 6) is -0.437. The standard InChI is InChI=1S/C19H18F3N5O2/c1-10-17(13-5-3-11(7-15(13)28)19(20,21)22)24-18-14(23-10)9-27(25-18)12-4-6-16(29)26(2)8-12/h3,5,7,9,12,28H,4,6,8H2,1-2H3/t12-/m0/s1. The number of benzene rings is 1. The molecule has 3 heterocycles. The number of hydrogen-bond donors (Lipinski definition) is 1. The second-order valence-electron chi connectivity index (χ2n) is 7.17. The molecule has 1 atom stereocenters. The Bertz CT molecular complexity index is 1110. The van der Waals surface area contributed by atoms with Crippen LogP contribution in [0.15, 0.2) is 24.4 Å². The molecule has 4 rings (SSSR count). The van der Waals surface area contributed by atoms with Gasteiger partial charge in [0.2, 0.25) is 5.91 Å². The molecule has 10 heteroatoms. The molecule has 29 heavy (non-hydrogen) atoms. The second-order valence-corrected chi connectivity index (χ2v) is 7.17. The van der Waals surface area contributed by atoms with Gasteiger partial charge in [-0.2, -0.15) is 18.3 Å². The van der Waals surface area contributed by atoms with Gasteiger partial charge in [0.25, 0.3) is 0 Å². The Morgan fingerprint density at radius 1 is 1.24 bits per heavy atom. The number of aromatic hydroxyl groups is 1. The summed E-state index contributed by atoms with van der Waals surface area (Å²) >= 11 is 0. The summed E-state index contributed by atoms with van der Waals surface area (Å²) in [7, 11) is 1.74. The minimum Gasteiger partial charge on any atom is -0.507 e. The average Bonchev–Trinajstić information content (AvgIpc) is 3.05. The normalized spacial score (nSPS) is 17.9. The summed E-state index contributed by atoms with van der Waals surface area (Å²) in [6.07, 6.45) is -1.71. The highest BCUT2D eigenvalue weighted by Crippen LogP contribution is 2.37. The molecule has 1 aromatic carbocycles. The van der Waals surface area contributed by atoms with Crippen molar-refractivity contribution in [2.75, 3.05) is 13.6 Å². The van der Waals surface area contributed by atoms with Crippen LogP contribution in [0.2, 0.25) is 0 Å². The van der Waals surface area contributed by atoms with E-state index < -0.39 is 17.5 Å². The van der Waals surface area contributed by atoms with Crippen LogP contribution in [0.25, 0.3) is 22.4 Å². The molecular formula is C19H18F3N5O2. The first-order valence-electron chi connectivity index (χ1n) is 9.01. The maximum Gasteiger partial charge on any atom is 0.416 e. The van der Waals surface area contributed by atoms with Crippen molar-refractivity contribution in [3.63, 3.8) is 0 Å². The minimum atomic E-state index is -4.55. The number of likely N-dealkylation sites (tertiary alicyclic amines) is 1. The van der Waals surface area contributed by atoms with Crippen LogP contribution in [-0.2, 0) is 11.0 Å². The SMILES string of the molecule is Cc1nc2cn([C@H]3CCC(=O)N(C)C3)nc2nc1-c1ccc(C(F)(F)F)cc1O. The third-order valence-electron chi connectivity index (χ3n) is 5.10. The summed E-state index contributed by atoms with van der Waals surface area (Å²) in [5.41, 5.74) is 0.808. The van der Waals surface area contributed by atoms with Crippen molar-refractivity contribution in [2.24, 2.45) is 0 Å². The molecule has 0 unspecified atom stereocenters. The van der Waals surface area contributed by atoms with Crippen LogP contribution in [0.5, 0.6) is 5.75 Å². The largest absolute Gasteiger partial charge is 0.507 e. The van der Waals surface area contributed by atoms with Gasteiger partial charge < -0.3 is 10.0 Å². The zero-order chi connectivity index (χ0) is 20.9. The predicted molar refractivity (Wildman–Crippen MR) is 98.1 cm³/mol. The molecule has 1 fully saturated rings. The third-order valence-corrected chi connectivity index (χ3v) is 5.10. The maximum atomic E-state index is 12.8. The second kappa shape index (κ2) is 6.71. The first-order chi connectivity index (χ1) is 13.6. The lowest BCUT2D eigenvalue weighted by Crippen LogP contribution is -2.38. The summed E-state index contributed by atoms with van der Waals surface area (Å²) in [5, 5.41) is 14.6. The van der Waals surface area contributed by atoms with Crippen molar-refractivity contribution < 1.29 is 23.1 Å². The van der Waals surface area contributed by atoms with Gasteiger partial charge in [0.1, 0.15) is 11.3 Å². The van der Waals surface area contributed by atoms with Crippen LogP contribution in [0.4, 0.5) is 13.2 Å². The van der Waals surface area contributed by atoms with Gasteiger partial charge in [0, 0.05) is 25.6 Å². The Hall–Kier alpha value is -3.17. The number of aromatic nitrogens is 4. The molecule has 1 aliphatic rings. The van der Waals surface area contributed by atoms with Gasteiger partial charge in [-0.25, -0.2) is 9.97 Å². The third kappa shape index (κ3) is 3.50. The Morgan fingerprint density at radius 3 is 2.66 bits per heavy atom. The molecule has 0 aliphatic carbocycles. The van der Waals surface area contributed by atoms with Crippen molar-refractivity contribution in [3.05, 3.63) is 35.7 Å². The first kappa shape index (κ1) is 19.2. The van der Waals surface area contributed by atoms with E-state index in [1.165, 1.54) is 6.07 Å². The molecule has 1 saturated heterocycles. The predicted octanol–water partition coefficient (Wildman–Crippen LogP) is 3.32. The van der Waals surface area contributed by atoms with E-state index in [0.717, 1.165) is 6.07 Å². The molecular weight excluding hydrogens is 387 g/mol. The number of halogens is 3. The van der Waals surface area contributed by atoms with Gasteiger partial charge in [-0.15, -0.1) is 0 Å². The van der Waals surface area contributed by atoms with Crippen LogP contribution in [-0.4, -0.2) is 49.3 Å². The molecule has 0 radical (unpaired) electrons. The zero-order valence-electron chi connectivity index (χ0n) is 15.7. The number of amides is 1. The number of likely N-dealkylation sites (N-methyl/N-ethyl adjacent to an activating group) is 1. The van der Waals surface area contributed by atoms with Crippen LogP contribution in [0.1, 0.15) is 30.1 Å². The minimum absolute atomic E-state index is 0.00284. The molecule has 0 spiro atoms. The molecule has 152 valence electrons. The van der Waals surface area contributed by atoms with E-state index in [1.807, 2.05) is 0 Å². The van der Waals surface area contributed by atoms with E-state index >= 15 is 0 Å². The van der Waals surface area contributed by atoms with E-state index in [4.69, 9.17) is 0 Å². The topological polar surface area (TPSA) is 84.1 Å². The van der Waals surface area contributed by atoms with Gasteiger partial charge in [0.05, 0.1) is 29.2 Å². The number of nitrogens with zero attached hydrogens (tertiary/aromatic N) is 5. The van der Waals surface area contributed by atoms with Crippen molar-refractivity contribution >= 4 is 17.1 Å². The smallest absolute Gasteiger partial charge is 0.416 e. The molecule has 7 nitrogen and oxygen atoms in total. The number of phenolic OH excluding ortho intramolecular Hbond substituents is 1. The highest BCUT2D eigenvalue weighted by Gasteiger charge is 2.31. The van der Waals surface area contributed by atoms with Crippen molar-refractivity contribution in [1.29, 1.82) is 0 Å². The van der Waals surface area contributed by atoms with Gasteiger partial charge in [-0.3, -0.25) is 9.48 Å². The number of fused-ring (bicyclic) bond motifs is 1. The fraction of sp³-hybridized carbons (Fsp3) is 0.368. The van der Waals surface area contributed by atoms with E-state index in [9.17, 15) is 23.1 Å². The molecule has 0 saturated carbocycles. The fourth-order valence-corrected chi connectivity index (χ4v) is 3.51. The van der Waals surface area contributed by atoms with Gasteiger partial charge in [0.15, 0.2) is 5.65 Å². The Labute approximate surface area is 163 Å². The first-order valence-corrected chi connectivity index (χ1v) is 9.01. The number of hydrogen-bond acceptors (Lipinski definition) is 5. The number of alkyl halides is 3. The van der Waals surface area contributed by atoms with Crippen molar-refractivity contribution in [3.8, 4) is 17.0 Å². The molecule has 2 aromatic heterocycles. The van der Waals surface area contributed by atoms with Crippen molar-refractivity contribution in [1.82, 2.24) is 24.6 Å². The Balaban J connectivity index is 1.72. The Kier molecular flexibility index (Phi) is 4.44. The maximum absolute atomic E-state index is 12.8. The fourth-order valence-electron chi connectivity index (χ4n) is 3.51. The lowest BCUT2D eigenvalue weighted by Gasteiger charge is -2.29. The van der Waals surface area contributed by atoms with E-state index in [1.54, 1.807) is 29.7 Å². The number of piperidine rings is 1. The molecule has 0 bridgehead atoms. The highest BCUT2D eigenvalue weighted by atomic mass is 19.4. The molecule has 1 amide bonds. The van der Waals surface area contributed by atoms with E-state index in [-0.39, 0.29) is 23.2 Å². The number of aryl methyl sites for hydroxylation is 1. The monoisotopic (exact) mass is 405 g/mol. The summed E-state index contributed by atoms with van der Waals surface area (Å²) < 4.78 is 40.3.